The standard InChI is InChI=1S/C18H21N3O/c1-11-7-5-6-8-13(11)17(19)14-10-16-15(9-12(14)2)20(3)18(22)21(16)4/h5-10,17H,19H2,1-4H3. The molecule has 1 unspecified atom stereocenters. The topological polar surface area (TPSA) is 52.9 Å². The molecule has 4 heteroatoms. The number of imidazole rings is 1. The van der Waals surface area contributed by atoms with Gasteiger partial charge in [-0.2, -0.15) is 0 Å². The summed E-state index contributed by atoms with van der Waals surface area (Å²) in [5.74, 6) is 0. The molecule has 0 aliphatic heterocycles. The highest BCUT2D eigenvalue weighted by atomic mass is 16.1. The molecule has 0 aliphatic rings. The van der Waals surface area contributed by atoms with E-state index in [1.54, 1.807) is 23.2 Å². The summed E-state index contributed by atoms with van der Waals surface area (Å²) < 4.78 is 3.34. The first-order valence-corrected chi connectivity index (χ1v) is 7.39. The third-order valence-corrected chi connectivity index (χ3v) is 4.52. The molecule has 0 amide bonds. The predicted molar refractivity (Wildman–Crippen MR) is 90.1 cm³/mol. The number of aromatic nitrogens is 2. The molecule has 1 aromatic heterocycles. The van der Waals surface area contributed by atoms with Gasteiger partial charge in [-0.15, -0.1) is 0 Å². The molecule has 0 saturated heterocycles. The fourth-order valence-electron chi connectivity index (χ4n) is 3.10. The Kier molecular flexibility index (Phi) is 3.41. The maximum absolute atomic E-state index is 12.1. The molecule has 0 spiro atoms. The van der Waals surface area contributed by atoms with Crippen LogP contribution in [0.3, 0.4) is 0 Å². The predicted octanol–water partition coefficient (Wildman–Crippen LogP) is 2.54. The van der Waals surface area contributed by atoms with Crippen LogP contribution in [0.15, 0.2) is 41.2 Å². The first-order valence-electron chi connectivity index (χ1n) is 7.39. The van der Waals surface area contributed by atoms with Crippen LogP contribution in [0, 0.1) is 13.8 Å². The summed E-state index contributed by atoms with van der Waals surface area (Å²) in [6.07, 6.45) is 0. The number of nitrogens with zero attached hydrogens (tertiary/aromatic N) is 2. The zero-order valence-electron chi connectivity index (χ0n) is 13.4. The monoisotopic (exact) mass is 295 g/mol. The van der Waals surface area contributed by atoms with Gasteiger partial charge < -0.3 is 5.73 Å². The van der Waals surface area contributed by atoms with Crippen LogP contribution in [0.5, 0.6) is 0 Å². The minimum atomic E-state index is -0.194. The van der Waals surface area contributed by atoms with Gasteiger partial charge >= 0.3 is 5.69 Å². The molecule has 0 saturated carbocycles. The second-order valence-electron chi connectivity index (χ2n) is 5.93. The lowest BCUT2D eigenvalue weighted by molar-refractivity contribution is 0.794. The van der Waals surface area contributed by atoms with Crippen molar-refractivity contribution in [2.75, 3.05) is 0 Å². The van der Waals surface area contributed by atoms with Gasteiger partial charge in [0.1, 0.15) is 0 Å². The number of fused-ring (bicyclic) bond motifs is 1. The van der Waals surface area contributed by atoms with E-state index in [-0.39, 0.29) is 11.7 Å². The Balaban J connectivity index is 2.23. The van der Waals surface area contributed by atoms with E-state index in [1.807, 2.05) is 31.2 Å². The number of rotatable bonds is 2. The lowest BCUT2D eigenvalue weighted by Gasteiger charge is -2.18. The van der Waals surface area contributed by atoms with Crippen molar-refractivity contribution in [3.63, 3.8) is 0 Å². The molecule has 2 N–H and O–H groups in total. The highest BCUT2D eigenvalue weighted by molar-refractivity contribution is 5.78. The maximum atomic E-state index is 12.1. The number of hydrogen-bond donors (Lipinski definition) is 1. The zero-order chi connectivity index (χ0) is 16.0. The van der Waals surface area contributed by atoms with Crippen LogP contribution >= 0.6 is 0 Å². The molecule has 22 heavy (non-hydrogen) atoms. The van der Waals surface area contributed by atoms with Gasteiger partial charge in [0, 0.05) is 14.1 Å². The summed E-state index contributed by atoms with van der Waals surface area (Å²) in [5, 5.41) is 0. The van der Waals surface area contributed by atoms with Gasteiger partial charge in [0.05, 0.1) is 17.1 Å². The molecule has 3 rings (SSSR count). The fraction of sp³-hybridized carbons (Fsp3) is 0.278. The molecule has 1 atom stereocenters. The molecule has 114 valence electrons. The molecule has 0 bridgehead atoms. The Morgan fingerprint density at radius 1 is 0.909 bits per heavy atom. The Morgan fingerprint density at radius 3 is 2.14 bits per heavy atom. The van der Waals surface area contributed by atoms with Crippen molar-refractivity contribution in [3.05, 3.63) is 69.1 Å². The van der Waals surface area contributed by atoms with Crippen LogP contribution in [-0.4, -0.2) is 9.13 Å². The van der Waals surface area contributed by atoms with Crippen molar-refractivity contribution in [2.45, 2.75) is 19.9 Å². The summed E-state index contributed by atoms with van der Waals surface area (Å²) in [5.41, 5.74) is 12.8. The Labute approximate surface area is 129 Å². The molecule has 0 radical (unpaired) electrons. The summed E-state index contributed by atoms with van der Waals surface area (Å²) in [4.78, 5) is 12.1. The third-order valence-electron chi connectivity index (χ3n) is 4.52. The number of aryl methyl sites for hydroxylation is 4. The quantitative estimate of drug-likeness (QED) is 0.790. The molecule has 2 aromatic carbocycles. The van der Waals surface area contributed by atoms with E-state index in [9.17, 15) is 4.79 Å². The van der Waals surface area contributed by atoms with Crippen LogP contribution in [0.4, 0.5) is 0 Å². The largest absolute Gasteiger partial charge is 0.328 e. The van der Waals surface area contributed by atoms with Gasteiger partial charge in [-0.1, -0.05) is 24.3 Å². The summed E-state index contributed by atoms with van der Waals surface area (Å²) in [6.45, 7) is 4.12. The molecule has 3 aromatic rings. The van der Waals surface area contributed by atoms with E-state index in [4.69, 9.17) is 5.73 Å². The van der Waals surface area contributed by atoms with Crippen molar-refractivity contribution in [2.24, 2.45) is 19.8 Å². The molecule has 0 aliphatic carbocycles. The highest BCUT2D eigenvalue weighted by Crippen LogP contribution is 2.28. The fourth-order valence-corrected chi connectivity index (χ4v) is 3.10. The van der Waals surface area contributed by atoms with Crippen molar-refractivity contribution in [1.29, 1.82) is 0 Å². The van der Waals surface area contributed by atoms with Crippen LogP contribution in [0.25, 0.3) is 11.0 Å². The van der Waals surface area contributed by atoms with Crippen molar-refractivity contribution < 1.29 is 0 Å². The van der Waals surface area contributed by atoms with E-state index >= 15 is 0 Å². The van der Waals surface area contributed by atoms with Gasteiger partial charge in [0.25, 0.3) is 0 Å². The molecular formula is C18H21N3O. The minimum absolute atomic E-state index is 0.0176. The average Bonchev–Trinajstić information content (AvgIpc) is 2.71. The van der Waals surface area contributed by atoms with Gasteiger partial charge in [0.2, 0.25) is 0 Å². The van der Waals surface area contributed by atoms with E-state index < -0.39 is 0 Å². The Morgan fingerprint density at radius 2 is 1.50 bits per heavy atom. The van der Waals surface area contributed by atoms with E-state index in [2.05, 4.69) is 19.1 Å². The molecular weight excluding hydrogens is 274 g/mol. The van der Waals surface area contributed by atoms with Crippen molar-refractivity contribution in [3.8, 4) is 0 Å². The summed E-state index contributed by atoms with van der Waals surface area (Å²) in [7, 11) is 3.59. The third kappa shape index (κ3) is 2.07. The Hall–Kier alpha value is -2.33. The molecule has 4 nitrogen and oxygen atoms in total. The van der Waals surface area contributed by atoms with E-state index in [1.165, 1.54) is 5.56 Å². The summed E-state index contributed by atoms with van der Waals surface area (Å²) in [6, 6.07) is 12.1. The highest BCUT2D eigenvalue weighted by Gasteiger charge is 2.17. The van der Waals surface area contributed by atoms with Crippen LogP contribution < -0.4 is 11.4 Å². The van der Waals surface area contributed by atoms with Crippen LogP contribution in [0.2, 0.25) is 0 Å². The van der Waals surface area contributed by atoms with Gasteiger partial charge in [-0.05, 0) is 48.2 Å². The first-order chi connectivity index (χ1) is 10.4. The van der Waals surface area contributed by atoms with E-state index in [0.29, 0.717) is 0 Å². The Bertz CT molecular complexity index is 918. The lowest BCUT2D eigenvalue weighted by Crippen LogP contribution is -2.19. The maximum Gasteiger partial charge on any atom is 0.328 e. The van der Waals surface area contributed by atoms with E-state index in [0.717, 1.165) is 27.7 Å². The average molecular weight is 295 g/mol. The van der Waals surface area contributed by atoms with Crippen LogP contribution in [0.1, 0.15) is 28.3 Å². The number of hydrogen-bond acceptors (Lipinski definition) is 2. The second-order valence-corrected chi connectivity index (χ2v) is 5.93. The van der Waals surface area contributed by atoms with Gasteiger partial charge in [0.15, 0.2) is 0 Å². The van der Waals surface area contributed by atoms with Gasteiger partial charge in [-0.25, -0.2) is 4.79 Å². The second kappa shape index (κ2) is 5.14. The number of nitrogens with two attached hydrogens (primary N) is 1. The molecule has 0 fully saturated rings. The zero-order valence-corrected chi connectivity index (χ0v) is 13.4. The normalized spacial score (nSPS) is 12.8. The van der Waals surface area contributed by atoms with Gasteiger partial charge in [-0.3, -0.25) is 9.13 Å². The lowest BCUT2D eigenvalue weighted by atomic mass is 9.92. The smallest absolute Gasteiger partial charge is 0.320 e. The van der Waals surface area contributed by atoms with Crippen molar-refractivity contribution >= 4 is 11.0 Å². The van der Waals surface area contributed by atoms with Crippen LogP contribution in [-0.2, 0) is 14.1 Å². The molecule has 1 heterocycles. The van der Waals surface area contributed by atoms with Crippen molar-refractivity contribution in [1.82, 2.24) is 9.13 Å². The summed E-state index contributed by atoms with van der Waals surface area (Å²) >= 11 is 0. The first kappa shape index (κ1) is 14.6. The minimum Gasteiger partial charge on any atom is -0.320 e. The SMILES string of the molecule is Cc1ccccc1C(N)c1cc2c(cc1C)n(C)c(=O)n2C. The number of benzene rings is 2.